The van der Waals surface area contributed by atoms with Crippen LogP contribution < -0.4 is 10.3 Å². The average molecular weight is 493 g/mol. The zero-order chi connectivity index (χ0) is 25.4. The van der Waals surface area contributed by atoms with E-state index in [9.17, 15) is 10.1 Å². The molecule has 5 aromatic rings. The van der Waals surface area contributed by atoms with Crippen molar-refractivity contribution in [3.05, 3.63) is 98.9 Å². The highest BCUT2D eigenvalue weighted by Gasteiger charge is 2.18. The Hall–Kier alpha value is -4.28. The summed E-state index contributed by atoms with van der Waals surface area (Å²) in [5.74, 6) is 0.702. The smallest absolute Gasteiger partial charge is 0.269 e. The van der Waals surface area contributed by atoms with Crippen LogP contribution in [0, 0.1) is 18.3 Å². The molecule has 178 valence electrons. The summed E-state index contributed by atoms with van der Waals surface area (Å²) in [4.78, 5) is 22.9. The van der Waals surface area contributed by atoms with E-state index in [-0.39, 0.29) is 28.0 Å². The van der Waals surface area contributed by atoms with Crippen molar-refractivity contribution in [2.45, 2.75) is 33.1 Å². The Morgan fingerprint density at radius 3 is 2.50 bits per heavy atom. The molecule has 3 aromatic heterocycles. The fourth-order valence-corrected chi connectivity index (χ4v) is 4.83. The van der Waals surface area contributed by atoms with Crippen molar-refractivity contribution in [3.8, 4) is 17.7 Å². The fourth-order valence-electron chi connectivity index (χ4n) is 3.90. The Morgan fingerprint density at radius 2 is 1.81 bits per heavy atom. The van der Waals surface area contributed by atoms with E-state index in [0.29, 0.717) is 16.4 Å². The number of ether oxygens (including phenoxy) is 1. The number of aromatic nitrogens is 3. The van der Waals surface area contributed by atoms with E-state index in [1.54, 1.807) is 12.3 Å². The number of hydrogen-bond acceptors (Lipinski definition) is 6. The largest absolute Gasteiger partial charge is 0.438 e. The third-order valence-electron chi connectivity index (χ3n) is 5.92. The lowest BCUT2D eigenvalue weighted by atomic mass is 9.87. The van der Waals surface area contributed by atoms with E-state index in [1.165, 1.54) is 27.4 Å². The standard InChI is InChI=1S/C29H24N4O2S/c1-18-8-7-15-33-25(18)32-26(35-21-13-11-20(12-14-21)29(2,3)4)22(28(33)34)16-19(17-30)27-31-23-9-5-6-10-24(23)36-27/h5-16H,1-4H3. The summed E-state index contributed by atoms with van der Waals surface area (Å²) < 4.78 is 8.61. The molecule has 36 heavy (non-hydrogen) atoms. The molecule has 0 aliphatic rings. The molecular weight excluding hydrogens is 468 g/mol. The maximum atomic E-state index is 13.6. The Kier molecular flexibility index (Phi) is 5.91. The highest BCUT2D eigenvalue weighted by Crippen LogP contribution is 2.31. The number of nitrogens with zero attached hydrogens (tertiary/aromatic N) is 4. The van der Waals surface area contributed by atoms with E-state index < -0.39 is 0 Å². The van der Waals surface area contributed by atoms with E-state index >= 15 is 0 Å². The van der Waals surface area contributed by atoms with E-state index in [4.69, 9.17) is 9.72 Å². The maximum Gasteiger partial charge on any atom is 0.269 e. The van der Waals surface area contributed by atoms with Gasteiger partial charge in [-0.3, -0.25) is 9.20 Å². The van der Waals surface area contributed by atoms with Gasteiger partial charge in [-0.05, 0) is 59.9 Å². The van der Waals surface area contributed by atoms with Crippen molar-refractivity contribution >= 4 is 38.8 Å². The lowest BCUT2D eigenvalue weighted by molar-refractivity contribution is 0.460. The topological polar surface area (TPSA) is 80.3 Å². The first-order valence-corrected chi connectivity index (χ1v) is 12.3. The zero-order valence-corrected chi connectivity index (χ0v) is 21.3. The number of thiazole rings is 1. The zero-order valence-electron chi connectivity index (χ0n) is 20.4. The summed E-state index contributed by atoms with van der Waals surface area (Å²) in [5.41, 5.74) is 3.45. The number of nitriles is 1. The summed E-state index contributed by atoms with van der Waals surface area (Å²) >= 11 is 1.40. The number of fused-ring (bicyclic) bond motifs is 2. The van der Waals surface area contributed by atoms with Crippen molar-refractivity contribution in [1.82, 2.24) is 14.4 Å². The van der Waals surface area contributed by atoms with Gasteiger partial charge in [0.15, 0.2) is 0 Å². The number of hydrogen-bond donors (Lipinski definition) is 0. The molecule has 5 rings (SSSR count). The molecule has 6 nitrogen and oxygen atoms in total. The molecule has 0 atom stereocenters. The van der Waals surface area contributed by atoms with Crippen molar-refractivity contribution in [2.24, 2.45) is 0 Å². The first kappa shape index (κ1) is 23.5. The molecule has 0 amide bonds. The Balaban J connectivity index is 1.67. The van der Waals surface area contributed by atoms with Gasteiger partial charge < -0.3 is 4.74 Å². The van der Waals surface area contributed by atoms with Crippen molar-refractivity contribution in [2.75, 3.05) is 0 Å². The number of pyridine rings is 1. The second-order valence-electron chi connectivity index (χ2n) is 9.55. The van der Waals surface area contributed by atoms with Gasteiger partial charge in [-0.2, -0.15) is 10.2 Å². The molecule has 2 aromatic carbocycles. The van der Waals surface area contributed by atoms with E-state index in [1.807, 2.05) is 61.5 Å². The number of allylic oxidation sites excluding steroid dienone is 1. The second kappa shape index (κ2) is 9.06. The first-order chi connectivity index (χ1) is 17.2. The molecule has 0 radical (unpaired) electrons. The van der Waals surface area contributed by atoms with Crippen molar-refractivity contribution in [1.29, 1.82) is 5.26 Å². The summed E-state index contributed by atoms with van der Waals surface area (Å²) in [6.45, 7) is 8.32. The number of aryl methyl sites for hydroxylation is 1. The molecular formula is C29H24N4O2S. The van der Waals surface area contributed by atoms with Crippen LogP contribution in [0.1, 0.15) is 42.5 Å². The molecule has 3 heterocycles. The highest BCUT2D eigenvalue weighted by molar-refractivity contribution is 7.19. The number of rotatable bonds is 4. The highest BCUT2D eigenvalue weighted by atomic mass is 32.1. The molecule has 0 fully saturated rings. The molecule has 0 aliphatic carbocycles. The minimum absolute atomic E-state index is 0.00249. The summed E-state index contributed by atoms with van der Waals surface area (Å²) in [6.07, 6.45) is 3.20. The summed E-state index contributed by atoms with van der Waals surface area (Å²) in [5, 5.41) is 10.5. The van der Waals surface area contributed by atoms with Crippen LogP contribution in [-0.2, 0) is 5.41 Å². The minimum Gasteiger partial charge on any atom is -0.438 e. The average Bonchev–Trinajstić information content (AvgIpc) is 3.28. The van der Waals surface area contributed by atoms with E-state index in [0.717, 1.165) is 15.8 Å². The molecule has 0 saturated heterocycles. The predicted octanol–water partition coefficient (Wildman–Crippen LogP) is 6.77. The SMILES string of the molecule is Cc1cccn2c(=O)c(C=C(C#N)c3nc4ccccc4s3)c(Oc3ccc(C(C)(C)C)cc3)nc12. The monoisotopic (exact) mass is 492 g/mol. The number of para-hydroxylation sites is 1. The van der Waals surface area contributed by atoms with Crippen LogP contribution >= 0.6 is 11.3 Å². The molecule has 0 saturated carbocycles. The quantitative estimate of drug-likeness (QED) is 0.259. The van der Waals surface area contributed by atoms with Crippen LogP contribution in [0.3, 0.4) is 0 Å². The summed E-state index contributed by atoms with van der Waals surface area (Å²) in [6, 6.07) is 21.3. The predicted molar refractivity (Wildman–Crippen MR) is 145 cm³/mol. The normalized spacial score (nSPS) is 12.1. The van der Waals surface area contributed by atoms with Crippen LogP contribution in [0.5, 0.6) is 11.6 Å². The van der Waals surface area contributed by atoms with Crippen LogP contribution in [0.2, 0.25) is 0 Å². The lowest BCUT2D eigenvalue weighted by Crippen LogP contribution is -2.19. The number of benzene rings is 2. The van der Waals surface area contributed by atoms with Gasteiger partial charge in [0.25, 0.3) is 5.56 Å². The fraction of sp³-hybridized carbons (Fsp3) is 0.172. The van der Waals surface area contributed by atoms with Crippen molar-refractivity contribution < 1.29 is 4.74 Å². The van der Waals surface area contributed by atoms with Gasteiger partial charge in [0.05, 0.1) is 15.8 Å². The van der Waals surface area contributed by atoms with Gasteiger partial charge in [-0.1, -0.05) is 51.1 Å². The second-order valence-corrected chi connectivity index (χ2v) is 10.6. The van der Waals surface area contributed by atoms with Gasteiger partial charge in [-0.15, -0.1) is 11.3 Å². The molecule has 0 N–H and O–H groups in total. The van der Waals surface area contributed by atoms with Gasteiger partial charge in [0.2, 0.25) is 5.88 Å². The Labute approximate surface area is 212 Å². The molecule has 0 aliphatic heterocycles. The molecule has 0 bridgehead atoms. The minimum atomic E-state index is -0.320. The van der Waals surface area contributed by atoms with Crippen LogP contribution in [-0.4, -0.2) is 14.4 Å². The van der Waals surface area contributed by atoms with Crippen LogP contribution in [0.25, 0.3) is 27.5 Å². The van der Waals surface area contributed by atoms with Crippen LogP contribution in [0.4, 0.5) is 0 Å². The lowest BCUT2D eigenvalue weighted by Gasteiger charge is -2.19. The first-order valence-electron chi connectivity index (χ1n) is 11.5. The molecule has 0 spiro atoms. The van der Waals surface area contributed by atoms with Gasteiger partial charge in [0, 0.05) is 6.20 Å². The van der Waals surface area contributed by atoms with E-state index in [2.05, 4.69) is 31.8 Å². The third-order valence-corrected chi connectivity index (χ3v) is 6.99. The maximum absolute atomic E-state index is 13.6. The van der Waals surface area contributed by atoms with Gasteiger partial charge >= 0.3 is 0 Å². The molecule has 7 heteroatoms. The molecule has 0 unspecified atom stereocenters. The van der Waals surface area contributed by atoms with Crippen molar-refractivity contribution in [3.63, 3.8) is 0 Å². The van der Waals surface area contributed by atoms with Crippen LogP contribution in [0.15, 0.2) is 71.7 Å². The Bertz CT molecular complexity index is 1700. The Morgan fingerprint density at radius 1 is 1.06 bits per heavy atom. The van der Waals surface area contributed by atoms with Gasteiger partial charge in [0.1, 0.15) is 28.0 Å². The summed E-state index contributed by atoms with van der Waals surface area (Å²) in [7, 11) is 0. The van der Waals surface area contributed by atoms with Gasteiger partial charge in [-0.25, -0.2) is 4.98 Å². The third kappa shape index (κ3) is 4.39.